The smallest absolute Gasteiger partial charge is 0.0160 e. The second-order valence-corrected chi connectivity index (χ2v) is 3.69. The Morgan fingerprint density at radius 3 is 2.50 bits per heavy atom. The molecule has 0 aromatic carbocycles. The third-order valence-electron chi connectivity index (χ3n) is 2.18. The lowest BCUT2D eigenvalue weighted by Crippen LogP contribution is -2.28. The molecule has 0 aromatic heterocycles. The van der Waals surface area contributed by atoms with E-state index in [9.17, 15) is 0 Å². The van der Waals surface area contributed by atoms with E-state index in [0.29, 0.717) is 0 Å². The van der Waals surface area contributed by atoms with E-state index in [-0.39, 0.29) is 0 Å². The van der Waals surface area contributed by atoms with Crippen LogP contribution in [-0.2, 0) is 0 Å². The first-order valence-corrected chi connectivity index (χ1v) is 5.89. The van der Waals surface area contributed by atoms with Crippen molar-refractivity contribution in [3.63, 3.8) is 0 Å². The van der Waals surface area contributed by atoms with Crippen LogP contribution in [0.2, 0.25) is 0 Å². The van der Waals surface area contributed by atoms with Crippen molar-refractivity contribution in [2.45, 2.75) is 33.1 Å². The van der Waals surface area contributed by atoms with E-state index >= 15 is 0 Å². The summed E-state index contributed by atoms with van der Waals surface area (Å²) in [6.45, 7) is 13.9. The molecule has 0 bridgehead atoms. The van der Waals surface area contributed by atoms with Crippen LogP contribution in [0, 0.1) is 0 Å². The Hall–Kier alpha value is -0.340. The van der Waals surface area contributed by atoms with Crippen LogP contribution in [0.3, 0.4) is 0 Å². The standard InChI is InChI=1S/C12H26N2/c1-4-8-13-9-7-12-14(10-5-2)11-6-3/h5,13H,2,4,6-12H2,1,3H3. The molecule has 0 saturated carbocycles. The predicted octanol–water partition coefficient (Wildman–Crippen LogP) is 2.27. The molecule has 0 aromatic rings. The lowest BCUT2D eigenvalue weighted by atomic mass is 10.3. The Balaban J connectivity index is 3.35. The van der Waals surface area contributed by atoms with Gasteiger partial charge in [0.15, 0.2) is 0 Å². The van der Waals surface area contributed by atoms with E-state index in [0.717, 1.165) is 19.6 Å². The van der Waals surface area contributed by atoms with Gasteiger partial charge in [-0.05, 0) is 45.4 Å². The van der Waals surface area contributed by atoms with Crippen molar-refractivity contribution in [1.29, 1.82) is 0 Å². The highest BCUT2D eigenvalue weighted by atomic mass is 15.1. The fourth-order valence-electron chi connectivity index (χ4n) is 1.52. The Labute approximate surface area is 89.4 Å². The molecule has 0 heterocycles. The second kappa shape index (κ2) is 10.7. The lowest BCUT2D eigenvalue weighted by molar-refractivity contribution is 0.297. The maximum atomic E-state index is 3.78. The monoisotopic (exact) mass is 198 g/mol. The highest BCUT2D eigenvalue weighted by Crippen LogP contribution is 1.93. The number of nitrogens with one attached hydrogen (secondary N) is 1. The van der Waals surface area contributed by atoms with Gasteiger partial charge in [0.25, 0.3) is 0 Å². The number of nitrogens with zero attached hydrogens (tertiary/aromatic N) is 1. The topological polar surface area (TPSA) is 15.3 Å². The van der Waals surface area contributed by atoms with Gasteiger partial charge in [0.2, 0.25) is 0 Å². The third-order valence-corrected chi connectivity index (χ3v) is 2.18. The summed E-state index contributed by atoms with van der Waals surface area (Å²) in [6, 6.07) is 0. The molecule has 1 N–H and O–H groups in total. The summed E-state index contributed by atoms with van der Waals surface area (Å²) in [4.78, 5) is 2.46. The lowest BCUT2D eigenvalue weighted by Gasteiger charge is -2.19. The maximum Gasteiger partial charge on any atom is 0.0160 e. The van der Waals surface area contributed by atoms with Gasteiger partial charge in [0, 0.05) is 6.54 Å². The van der Waals surface area contributed by atoms with Crippen LogP contribution in [0.5, 0.6) is 0 Å². The molecule has 0 amide bonds. The Morgan fingerprint density at radius 2 is 1.93 bits per heavy atom. The molecule has 0 rings (SSSR count). The summed E-state index contributed by atoms with van der Waals surface area (Å²) in [5.41, 5.74) is 0. The molecular formula is C12H26N2. The summed E-state index contributed by atoms with van der Waals surface area (Å²) in [5, 5.41) is 3.42. The van der Waals surface area contributed by atoms with Gasteiger partial charge in [-0.2, -0.15) is 0 Å². The van der Waals surface area contributed by atoms with Crippen molar-refractivity contribution in [2.75, 3.05) is 32.7 Å². The molecule has 0 fully saturated rings. The Bertz CT molecular complexity index is 123. The molecule has 0 unspecified atom stereocenters. The van der Waals surface area contributed by atoms with Gasteiger partial charge in [0.1, 0.15) is 0 Å². The molecule has 0 radical (unpaired) electrons. The van der Waals surface area contributed by atoms with Crippen molar-refractivity contribution in [1.82, 2.24) is 10.2 Å². The molecule has 0 aliphatic rings. The van der Waals surface area contributed by atoms with E-state index in [1.165, 1.54) is 32.4 Å². The minimum absolute atomic E-state index is 1.03. The third kappa shape index (κ3) is 8.27. The second-order valence-electron chi connectivity index (χ2n) is 3.69. The average molecular weight is 198 g/mol. The van der Waals surface area contributed by atoms with Gasteiger partial charge in [0.05, 0.1) is 0 Å². The highest BCUT2D eigenvalue weighted by molar-refractivity contribution is 4.73. The van der Waals surface area contributed by atoms with Gasteiger partial charge >= 0.3 is 0 Å². The fourth-order valence-corrected chi connectivity index (χ4v) is 1.52. The Kier molecular flexibility index (Phi) is 10.5. The van der Waals surface area contributed by atoms with Crippen molar-refractivity contribution in [3.8, 4) is 0 Å². The molecule has 2 heteroatoms. The number of rotatable bonds is 10. The zero-order valence-corrected chi connectivity index (χ0v) is 9.89. The predicted molar refractivity (Wildman–Crippen MR) is 64.7 cm³/mol. The largest absolute Gasteiger partial charge is 0.317 e. The molecule has 2 nitrogen and oxygen atoms in total. The maximum absolute atomic E-state index is 3.78. The first-order chi connectivity index (χ1) is 6.85. The zero-order chi connectivity index (χ0) is 10.6. The van der Waals surface area contributed by atoms with Crippen LogP contribution in [0.15, 0.2) is 12.7 Å². The van der Waals surface area contributed by atoms with E-state index < -0.39 is 0 Å². The molecule has 0 aliphatic heterocycles. The SMILES string of the molecule is C=CCN(CCC)CCCNCCC. The quantitative estimate of drug-likeness (QED) is 0.428. The van der Waals surface area contributed by atoms with Crippen molar-refractivity contribution in [2.24, 2.45) is 0 Å². The van der Waals surface area contributed by atoms with Crippen molar-refractivity contribution in [3.05, 3.63) is 12.7 Å². The van der Waals surface area contributed by atoms with Crippen LogP contribution in [0.4, 0.5) is 0 Å². The van der Waals surface area contributed by atoms with Gasteiger partial charge in [-0.3, -0.25) is 4.90 Å². The molecule has 84 valence electrons. The molecular weight excluding hydrogens is 172 g/mol. The van der Waals surface area contributed by atoms with E-state index in [4.69, 9.17) is 0 Å². The summed E-state index contributed by atoms with van der Waals surface area (Å²) in [7, 11) is 0. The molecule has 0 spiro atoms. The van der Waals surface area contributed by atoms with Crippen LogP contribution in [0.25, 0.3) is 0 Å². The van der Waals surface area contributed by atoms with Crippen molar-refractivity contribution < 1.29 is 0 Å². The van der Waals surface area contributed by atoms with E-state index in [2.05, 4.69) is 30.6 Å². The van der Waals surface area contributed by atoms with Gasteiger partial charge in [-0.15, -0.1) is 6.58 Å². The van der Waals surface area contributed by atoms with Crippen LogP contribution >= 0.6 is 0 Å². The minimum atomic E-state index is 1.03. The first kappa shape index (κ1) is 13.7. The summed E-state index contributed by atoms with van der Waals surface area (Å²) in [6.07, 6.45) is 5.70. The molecule has 14 heavy (non-hydrogen) atoms. The summed E-state index contributed by atoms with van der Waals surface area (Å²) >= 11 is 0. The van der Waals surface area contributed by atoms with Crippen molar-refractivity contribution >= 4 is 0 Å². The average Bonchev–Trinajstić information content (AvgIpc) is 2.18. The molecule has 0 saturated heterocycles. The normalized spacial score (nSPS) is 10.8. The fraction of sp³-hybridized carbons (Fsp3) is 0.833. The Morgan fingerprint density at radius 1 is 1.14 bits per heavy atom. The highest BCUT2D eigenvalue weighted by Gasteiger charge is 1.99. The summed E-state index contributed by atoms with van der Waals surface area (Å²) < 4.78 is 0. The van der Waals surface area contributed by atoms with E-state index in [1.54, 1.807) is 0 Å². The van der Waals surface area contributed by atoms with Gasteiger partial charge < -0.3 is 5.32 Å². The van der Waals surface area contributed by atoms with Gasteiger partial charge in [-0.25, -0.2) is 0 Å². The number of hydrogen-bond acceptors (Lipinski definition) is 2. The minimum Gasteiger partial charge on any atom is -0.317 e. The van der Waals surface area contributed by atoms with Gasteiger partial charge in [-0.1, -0.05) is 19.9 Å². The van der Waals surface area contributed by atoms with E-state index in [1.807, 2.05) is 6.08 Å². The zero-order valence-electron chi connectivity index (χ0n) is 9.89. The summed E-state index contributed by atoms with van der Waals surface area (Å²) in [5.74, 6) is 0. The first-order valence-electron chi connectivity index (χ1n) is 5.89. The van der Waals surface area contributed by atoms with Crippen LogP contribution in [0.1, 0.15) is 33.1 Å². The van der Waals surface area contributed by atoms with Crippen LogP contribution in [-0.4, -0.2) is 37.6 Å². The molecule has 0 aliphatic carbocycles. The number of hydrogen-bond donors (Lipinski definition) is 1. The van der Waals surface area contributed by atoms with Crippen LogP contribution < -0.4 is 5.32 Å². The molecule has 0 atom stereocenters.